The van der Waals surface area contributed by atoms with Gasteiger partial charge in [-0.15, -0.1) is 0 Å². The number of amidine groups is 1. The van der Waals surface area contributed by atoms with Crippen molar-refractivity contribution in [3.63, 3.8) is 0 Å². The van der Waals surface area contributed by atoms with Crippen LogP contribution in [0, 0.1) is 19.3 Å². The molecule has 88 valence electrons. The Balaban J connectivity index is 2.69. The first-order valence-electron chi connectivity index (χ1n) is 5.15. The van der Waals surface area contributed by atoms with Gasteiger partial charge in [0.15, 0.2) is 0 Å². The van der Waals surface area contributed by atoms with E-state index in [1.54, 1.807) is 6.33 Å². The zero-order valence-electron chi connectivity index (χ0n) is 9.66. The van der Waals surface area contributed by atoms with E-state index in [1.807, 2.05) is 36.6 Å². The molecule has 0 saturated heterocycles. The molecule has 0 bridgehead atoms. The molecule has 4 nitrogen and oxygen atoms in total. The molecule has 17 heavy (non-hydrogen) atoms. The van der Waals surface area contributed by atoms with Gasteiger partial charge in [0.25, 0.3) is 0 Å². The number of halogens is 1. The maximum absolute atomic E-state index is 7.60. The Morgan fingerprint density at radius 1 is 1.41 bits per heavy atom. The Morgan fingerprint density at radius 2 is 2.12 bits per heavy atom. The van der Waals surface area contributed by atoms with Crippen LogP contribution in [0.1, 0.15) is 17.0 Å². The molecule has 5 heteroatoms. The first-order valence-corrected chi connectivity index (χ1v) is 5.95. The van der Waals surface area contributed by atoms with Crippen molar-refractivity contribution in [3.8, 4) is 5.69 Å². The molecule has 0 aliphatic carbocycles. The van der Waals surface area contributed by atoms with Gasteiger partial charge in [-0.2, -0.15) is 0 Å². The number of nitrogens with zero attached hydrogens (tertiary/aromatic N) is 2. The second-order valence-corrected chi connectivity index (χ2v) is 4.78. The van der Waals surface area contributed by atoms with Crippen LogP contribution in [0.4, 0.5) is 0 Å². The van der Waals surface area contributed by atoms with Gasteiger partial charge in [0, 0.05) is 15.7 Å². The van der Waals surface area contributed by atoms with Gasteiger partial charge < -0.3 is 10.3 Å². The fraction of sp³-hybridized carbons (Fsp3) is 0.167. The zero-order chi connectivity index (χ0) is 12.6. The number of imidazole rings is 1. The summed E-state index contributed by atoms with van der Waals surface area (Å²) in [6.07, 6.45) is 1.75. The molecule has 0 fully saturated rings. The highest BCUT2D eigenvalue weighted by Gasteiger charge is 2.11. The maximum atomic E-state index is 7.60. The second-order valence-electron chi connectivity index (χ2n) is 3.86. The summed E-state index contributed by atoms with van der Waals surface area (Å²) in [6.45, 7) is 3.95. The Kier molecular flexibility index (Phi) is 3.02. The van der Waals surface area contributed by atoms with Crippen LogP contribution in [0.25, 0.3) is 5.69 Å². The van der Waals surface area contributed by atoms with E-state index in [0.29, 0.717) is 5.56 Å². The van der Waals surface area contributed by atoms with Crippen molar-refractivity contribution < 1.29 is 0 Å². The lowest BCUT2D eigenvalue weighted by atomic mass is 10.1. The number of benzene rings is 1. The molecule has 0 radical (unpaired) electrons. The molecule has 1 aromatic carbocycles. The predicted molar refractivity (Wildman–Crippen MR) is 71.8 cm³/mol. The third-order valence-corrected chi connectivity index (χ3v) is 3.25. The molecule has 2 rings (SSSR count). The van der Waals surface area contributed by atoms with E-state index in [2.05, 4.69) is 20.9 Å². The highest BCUT2D eigenvalue weighted by atomic mass is 79.9. The van der Waals surface area contributed by atoms with Crippen molar-refractivity contribution in [3.05, 3.63) is 46.0 Å². The van der Waals surface area contributed by atoms with Gasteiger partial charge in [-0.1, -0.05) is 15.9 Å². The van der Waals surface area contributed by atoms with E-state index < -0.39 is 0 Å². The monoisotopic (exact) mass is 292 g/mol. The Morgan fingerprint density at radius 3 is 2.65 bits per heavy atom. The number of nitrogens with two attached hydrogens (primary N) is 1. The Labute approximate surface area is 108 Å². The lowest BCUT2D eigenvalue weighted by Crippen LogP contribution is -2.15. The normalized spacial score (nSPS) is 10.5. The number of nitrogens with one attached hydrogen (secondary N) is 1. The molecule has 0 aliphatic heterocycles. The summed E-state index contributed by atoms with van der Waals surface area (Å²) in [4.78, 5) is 4.26. The van der Waals surface area contributed by atoms with E-state index in [1.165, 1.54) is 0 Å². The number of aromatic nitrogens is 2. The third kappa shape index (κ3) is 2.10. The Bertz CT molecular complexity index is 586. The van der Waals surface area contributed by atoms with Crippen LogP contribution >= 0.6 is 15.9 Å². The average molecular weight is 293 g/mol. The van der Waals surface area contributed by atoms with Gasteiger partial charge in [-0.05, 0) is 32.0 Å². The number of hydrogen-bond donors (Lipinski definition) is 2. The fourth-order valence-electron chi connectivity index (χ4n) is 1.67. The van der Waals surface area contributed by atoms with E-state index in [-0.39, 0.29) is 5.84 Å². The molecule has 1 aromatic heterocycles. The average Bonchev–Trinajstić information content (AvgIpc) is 2.59. The summed E-state index contributed by atoms with van der Waals surface area (Å²) >= 11 is 3.43. The first-order chi connectivity index (χ1) is 8.00. The van der Waals surface area contributed by atoms with Crippen molar-refractivity contribution in [2.24, 2.45) is 5.73 Å². The molecule has 0 amide bonds. The van der Waals surface area contributed by atoms with Crippen LogP contribution < -0.4 is 5.73 Å². The zero-order valence-corrected chi connectivity index (χ0v) is 11.2. The fourth-order valence-corrected chi connectivity index (χ4v) is 2.02. The van der Waals surface area contributed by atoms with Crippen LogP contribution in [0.5, 0.6) is 0 Å². The summed E-state index contributed by atoms with van der Waals surface area (Å²) in [7, 11) is 0. The van der Waals surface area contributed by atoms with Crippen LogP contribution in [0.2, 0.25) is 0 Å². The molecule has 1 heterocycles. The topological polar surface area (TPSA) is 67.7 Å². The molecule has 3 N–H and O–H groups in total. The Hall–Kier alpha value is -1.62. The smallest absolute Gasteiger partial charge is 0.124 e. The molecule has 0 spiro atoms. The second kappa shape index (κ2) is 4.33. The highest BCUT2D eigenvalue weighted by molar-refractivity contribution is 9.10. The van der Waals surface area contributed by atoms with Crippen molar-refractivity contribution >= 4 is 21.8 Å². The number of nitrogen functional groups attached to an aromatic ring is 1. The summed E-state index contributed by atoms with van der Waals surface area (Å²) in [6, 6.07) is 5.64. The van der Waals surface area contributed by atoms with Crippen LogP contribution in [0.3, 0.4) is 0 Å². The minimum atomic E-state index is 0.0539. The summed E-state index contributed by atoms with van der Waals surface area (Å²) in [5.41, 5.74) is 9.18. The molecular weight excluding hydrogens is 280 g/mol. The standard InChI is InChI=1S/C12H13BrN4/c1-7-8(2)17(6-16-7)11-5-9(13)3-4-10(11)12(14)15/h3-6H,1-2H3,(H3,14,15). The van der Waals surface area contributed by atoms with Gasteiger partial charge >= 0.3 is 0 Å². The number of rotatable bonds is 2. The van der Waals surface area contributed by atoms with E-state index in [0.717, 1.165) is 21.5 Å². The lowest BCUT2D eigenvalue weighted by Gasteiger charge is -2.11. The lowest BCUT2D eigenvalue weighted by molar-refractivity contribution is 0.995. The largest absolute Gasteiger partial charge is 0.384 e. The van der Waals surface area contributed by atoms with Crippen molar-refractivity contribution in [2.45, 2.75) is 13.8 Å². The first kappa shape index (κ1) is 11.9. The summed E-state index contributed by atoms with van der Waals surface area (Å²) in [5.74, 6) is 0.0539. The van der Waals surface area contributed by atoms with Crippen molar-refractivity contribution in [1.29, 1.82) is 5.41 Å². The van der Waals surface area contributed by atoms with Crippen LogP contribution in [0.15, 0.2) is 29.0 Å². The molecule has 0 atom stereocenters. The molecule has 2 aromatic rings. The quantitative estimate of drug-likeness (QED) is 0.660. The molecule has 0 unspecified atom stereocenters. The number of hydrogen-bond acceptors (Lipinski definition) is 2. The number of aryl methyl sites for hydroxylation is 1. The summed E-state index contributed by atoms with van der Waals surface area (Å²) < 4.78 is 2.89. The van der Waals surface area contributed by atoms with Crippen molar-refractivity contribution in [2.75, 3.05) is 0 Å². The molecular formula is C12H13BrN4. The minimum absolute atomic E-state index is 0.0539. The van der Waals surface area contributed by atoms with Crippen LogP contribution in [-0.2, 0) is 0 Å². The van der Waals surface area contributed by atoms with Gasteiger partial charge in [0.1, 0.15) is 5.84 Å². The minimum Gasteiger partial charge on any atom is -0.384 e. The van der Waals surface area contributed by atoms with Gasteiger partial charge in [-0.25, -0.2) is 4.98 Å². The van der Waals surface area contributed by atoms with Gasteiger partial charge in [-0.3, -0.25) is 5.41 Å². The van der Waals surface area contributed by atoms with Crippen LogP contribution in [-0.4, -0.2) is 15.4 Å². The predicted octanol–water partition coefficient (Wildman–Crippen LogP) is 2.54. The molecule has 0 aliphatic rings. The van der Waals surface area contributed by atoms with Gasteiger partial charge in [0.05, 0.1) is 17.7 Å². The van der Waals surface area contributed by atoms with Gasteiger partial charge in [0.2, 0.25) is 0 Å². The summed E-state index contributed by atoms with van der Waals surface area (Å²) in [5, 5.41) is 7.60. The van der Waals surface area contributed by atoms with E-state index in [9.17, 15) is 0 Å². The van der Waals surface area contributed by atoms with E-state index >= 15 is 0 Å². The highest BCUT2D eigenvalue weighted by Crippen LogP contribution is 2.22. The van der Waals surface area contributed by atoms with E-state index in [4.69, 9.17) is 11.1 Å². The molecule has 0 saturated carbocycles. The third-order valence-electron chi connectivity index (χ3n) is 2.76. The maximum Gasteiger partial charge on any atom is 0.124 e. The SMILES string of the molecule is Cc1ncn(-c2cc(Br)ccc2C(=N)N)c1C. The van der Waals surface area contributed by atoms with Crippen molar-refractivity contribution in [1.82, 2.24) is 9.55 Å².